The molecule has 0 radical (unpaired) electrons. The number of halogens is 1. The highest BCUT2D eigenvalue weighted by Gasteiger charge is 2.25. The summed E-state index contributed by atoms with van der Waals surface area (Å²) in [7, 11) is -3.66. The molecular weight excluding hydrogens is 494 g/mol. The Hall–Kier alpha value is -2.95. The fourth-order valence-electron chi connectivity index (χ4n) is 4.25. The van der Waals surface area contributed by atoms with Gasteiger partial charge in [0.05, 0.1) is 9.92 Å². The van der Waals surface area contributed by atoms with E-state index in [9.17, 15) is 13.2 Å². The molecule has 11 heteroatoms. The molecule has 176 valence electrons. The number of anilines is 1. The van der Waals surface area contributed by atoms with Gasteiger partial charge in [-0.1, -0.05) is 23.7 Å². The van der Waals surface area contributed by atoms with Gasteiger partial charge in [-0.3, -0.25) is 9.52 Å². The van der Waals surface area contributed by atoms with Crippen LogP contribution in [0, 0.1) is 0 Å². The van der Waals surface area contributed by atoms with E-state index in [1.165, 1.54) is 11.3 Å². The number of amides is 1. The molecule has 5 rings (SSSR count). The second-order valence-electron chi connectivity index (χ2n) is 8.18. The van der Waals surface area contributed by atoms with E-state index in [0.717, 1.165) is 29.4 Å². The van der Waals surface area contributed by atoms with E-state index in [1.807, 2.05) is 39.9 Å². The summed E-state index contributed by atoms with van der Waals surface area (Å²) >= 11 is 7.23. The van der Waals surface area contributed by atoms with Gasteiger partial charge in [0.25, 0.3) is 10.0 Å². The number of rotatable bonds is 6. The lowest BCUT2D eigenvalue weighted by atomic mass is 9.89. The molecule has 0 bridgehead atoms. The van der Waals surface area contributed by atoms with Crippen LogP contribution in [0.3, 0.4) is 0 Å². The van der Waals surface area contributed by atoms with E-state index in [2.05, 4.69) is 14.7 Å². The van der Waals surface area contributed by atoms with Crippen molar-refractivity contribution in [1.82, 2.24) is 19.4 Å². The summed E-state index contributed by atoms with van der Waals surface area (Å²) in [6.45, 7) is 1.56. The molecule has 1 aliphatic rings. The van der Waals surface area contributed by atoms with Crippen molar-refractivity contribution in [1.29, 1.82) is 0 Å². The second-order valence-corrected chi connectivity index (χ2v) is 11.2. The molecule has 0 spiro atoms. The summed E-state index contributed by atoms with van der Waals surface area (Å²) in [4.78, 5) is 23.3. The van der Waals surface area contributed by atoms with Crippen molar-refractivity contribution in [3.63, 3.8) is 0 Å². The average Bonchev–Trinajstić information content (AvgIpc) is 3.48. The van der Waals surface area contributed by atoms with Crippen LogP contribution in [0.25, 0.3) is 11.0 Å². The van der Waals surface area contributed by atoms with Crippen LogP contribution in [0.15, 0.2) is 65.3 Å². The first kappa shape index (κ1) is 22.8. The Kier molecular flexibility index (Phi) is 6.28. The number of sulfonamides is 1. The maximum Gasteiger partial charge on any atom is 0.263 e. The molecule has 0 unspecified atom stereocenters. The van der Waals surface area contributed by atoms with Gasteiger partial charge in [0, 0.05) is 42.4 Å². The van der Waals surface area contributed by atoms with E-state index in [0.29, 0.717) is 23.2 Å². The average molecular weight is 516 g/mol. The Balaban J connectivity index is 1.19. The zero-order chi connectivity index (χ0) is 23.7. The van der Waals surface area contributed by atoms with Crippen molar-refractivity contribution in [2.24, 2.45) is 0 Å². The molecule has 0 aliphatic carbocycles. The summed E-state index contributed by atoms with van der Waals surface area (Å²) < 4.78 is 29.4. The maximum atomic E-state index is 12.9. The summed E-state index contributed by atoms with van der Waals surface area (Å²) in [5.74, 6) is 0.339. The molecule has 1 saturated heterocycles. The van der Waals surface area contributed by atoms with Gasteiger partial charge in [0.2, 0.25) is 5.91 Å². The van der Waals surface area contributed by atoms with E-state index in [4.69, 9.17) is 11.6 Å². The molecule has 3 aromatic heterocycles. The molecule has 0 saturated carbocycles. The molecule has 0 atom stereocenters. The van der Waals surface area contributed by atoms with Gasteiger partial charge in [0.15, 0.2) is 5.13 Å². The van der Waals surface area contributed by atoms with Gasteiger partial charge in [-0.2, -0.15) is 0 Å². The van der Waals surface area contributed by atoms with Crippen LogP contribution in [0.5, 0.6) is 0 Å². The van der Waals surface area contributed by atoms with Gasteiger partial charge in [-0.05, 0) is 48.6 Å². The molecule has 4 aromatic rings. The number of pyridine rings is 1. The third-order valence-corrected chi connectivity index (χ3v) is 8.42. The van der Waals surface area contributed by atoms with Crippen LogP contribution in [-0.2, 0) is 21.4 Å². The number of piperidine rings is 1. The number of carbonyl (C=O) groups is 1. The predicted octanol–water partition coefficient (Wildman–Crippen LogP) is 4.35. The highest BCUT2D eigenvalue weighted by Crippen LogP contribution is 2.29. The van der Waals surface area contributed by atoms with Gasteiger partial charge in [-0.15, -0.1) is 11.3 Å². The predicted molar refractivity (Wildman–Crippen MR) is 133 cm³/mol. The summed E-state index contributed by atoms with van der Waals surface area (Å²) in [6, 6.07) is 10.7. The number of nitrogens with zero attached hydrogens (tertiary/aromatic N) is 4. The Labute approximate surface area is 206 Å². The van der Waals surface area contributed by atoms with Crippen molar-refractivity contribution in [2.45, 2.75) is 30.2 Å². The monoisotopic (exact) mass is 515 g/mol. The standard InChI is InChI=1S/C23H22ClN5O3S2/c24-19-13-18-7-11-29(22(18)26-14-19)15-21(30)28-9-5-17(6-10-28)16-1-3-20(4-2-16)34(31,32)27-23-25-8-12-33-23/h1-4,7-8,11-14,17H,5-6,9-10,15H2,(H,25,27). The van der Waals surface area contributed by atoms with E-state index in [-0.39, 0.29) is 23.3 Å². The number of fused-ring (bicyclic) bond motifs is 1. The van der Waals surface area contributed by atoms with Crippen LogP contribution in [0.2, 0.25) is 5.02 Å². The number of benzene rings is 1. The largest absolute Gasteiger partial charge is 0.341 e. The minimum absolute atomic E-state index is 0.0578. The number of hydrogen-bond donors (Lipinski definition) is 1. The third kappa shape index (κ3) is 4.79. The number of aromatic nitrogens is 3. The minimum atomic E-state index is -3.66. The Bertz CT molecular complexity index is 1410. The Morgan fingerprint density at radius 2 is 1.91 bits per heavy atom. The summed E-state index contributed by atoms with van der Waals surface area (Å²) in [5, 5.41) is 3.53. The van der Waals surface area contributed by atoms with Gasteiger partial charge in [-0.25, -0.2) is 18.4 Å². The van der Waals surface area contributed by atoms with Crippen molar-refractivity contribution >= 4 is 55.0 Å². The normalized spacial score (nSPS) is 15.0. The number of carbonyl (C=O) groups excluding carboxylic acids is 1. The molecule has 1 aliphatic heterocycles. The molecule has 4 heterocycles. The Morgan fingerprint density at radius 1 is 1.15 bits per heavy atom. The van der Waals surface area contributed by atoms with E-state index in [1.54, 1.807) is 29.9 Å². The summed E-state index contributed by atoms with van der Waals surface area (Å²) in [5.41, 5.74) is 1.82. The van der Waals surface area contributed by atoms with E-state index >= 15 is 0 Å². The topological polar surface area (TPSA) is 97.2 Å². The maximum absolute atomic E-state index is 12.9. The highest BCUT2D eigenvalue weighted by atomic mass is 35.5. The van der Waals surface area contributed by atoms with Crippen LogP contribution in [0.1, 0.15) is 24.3 Å². The lowest BCUT2D eigenvalue weighted by molar-refractivity contribution is -0.132. The van der Waals surface area contributed by atoms with Crippen LogP contribution < -0.4 is 4.72 Å². The first-order valence-electron chi connectivity index (χ1n) is 10.8. The molecule has 1 amide bonds. The van der Waals surface area contributed by atoms with Gasteiger partial charge < -0.3 is 9.47 Å². The third-order valence-electron chi connectivity index (χ3n) is 6.04. The van der Waals surface area contributed by atoms with Crippen LogP contribution in [0.4, 0.5) is 5.13 Å². The van der Waals surface area contributed by atoms with Crippen molar-refractivity contribution in [3.05, 3.63) is 71.0 Å². The molecular formula is C23H22ClN5O3S2. The quantitative estimate of drug-likeness (QED) is 0.411. The Morgan fingerprint density at radius 3 is 2.62 bits per heavy atom. The van der Waals surface area contributed by atoms with Gasteiger partial charge >= 0.3 is 0 Å². The lowest BCUT2D eigenvalue weighted by Gasteiger charge is -2.32. The van der Waals surface area contributed by atoms with Gasteiger partial charge in [0.1, 0.15) is 12.2 Å². The number of likely N-dealkylation sites (tertiary alicyclic amines) is 1. The molecule has 1 N–H and O–H groups in total. The zero-order valence-corrected chi connectivity index (χ0v) is 20.5. The summed E-state index contributed by atoms with van der Waals surface area (Å²) in [6.07, 6.45) is 6.65. The lowest BCUT2D eigenvalue weighted by Crippen LogP contribution is -2.39. The smallest absolute Gasteiger partial charge is 0.263 e. The number of hydrogen-bond acceptors (Lipinski definition) is 6. The second kappa shape index (κ2) is 9.36. The molecule has 1 fully saturated rings. The van der Waals surface area contributed by atoms with Crippen LogP contribution in [-0.4, -0.2) is 46.8 Å². The van der Waals surface area contributed by atoms with Crippen LogP contribution >= 0.6 is 22.9 Å². The molecule has 8 nitrogen and oxygen atoms in total. The van der Waals surface area contributed by atoms with Crippen molar-refractivity contribution in [2.75, 3.05) is 17.8 Å². The number of nitrogens with one attached hydrogen (secondary N) is 1. The fourth-order valence-corrected chi connectivity index (χ4v) is 6.21. The molecule has 1 aromatic carbocycles. The van der Waals surface area contributed by atoms with Crippen molar-refractivity contribution < 1.29 is 13.2 Å². The fraction of sp³-hybridized carbons (Fsp3) is 0.261. The zero-order valence-electron chi connectivity index (χ0n) is 18.1. The minimum Gasteiger partial charge on any atom is -0.341 e. The highest BCUT2D eigenvalue weighted by molar-refractivity contribution is 7.93. The SMILES string of the molecule is O=C(Cn1ccc2cc(Cl)cnc21)N1CCC(c2ccc(S(=O)(=O)Nc3nccs3)cc2)CC1. The van der Waals surface area contributed by atoms with E-state index < -0.39 is 10.0 Å². The first-order chi connectivity index (χ1) is 16.4. The first-order valence-corrected chi connectivity index (χ1v) is 13.5. The van der Waals surface area contributed by atoms with Crippen molar-refractivity contribution in [3.8, 4) is 0 Å². The molecule has 34 heavy (non-hydrogen) atoms. The number of thiazole rings is 1.